The highest BCUT2D eigenvalue weighted by atomic mass is 16.5. The van der Waals surface area contributed by atoms with Gasteiger partial charge in [-0.15, -0.1) is 0 Å². The molecule has 26 heavy (non-hydrogen) atoms. The van der Waals surface area contributed by atoms with Crippen molar-refractivity contribution in [3.8, 4) is 0 Å². The maximum Gasteiger partial charge on any atom is 0.306 e. The molecule has 6 heteroatoms. The third-order valence-corrected chi connectivity index (χ3v) is 5.43. The number of nitrogens with one attached hydrogen (secondary N) is 2. The lowest BCUT2D eigenvalue weighted by molar-refractivity contribution is -0.148. The zero-order valence-corrected chi connectivity index (χ0v) is 16.8. The fraction of sp³-hybridized carbons (Fsp3) is 0.900. The summed E-state index contributed by atoms with van der Waals surface area (Å²) in [7, 11) is 1.81. The lowest BCUT2D eigenvalue weighted by Gasteiger charge is -2.33. The molecule has 0 radical (unpaired) electrons. The first kappa shape index (κ1) is 21.0. The van der Waals surface area contributed by atoms with E-state index in [1.54, 1.807) is 7.05 Å². The Morgan fingerprint density at radius 1 is 1.15 bits per heavy atom. The Labute approximate surface area is 159 Å². The van der Waals surface area contributed by atoms with Gasteiger partial charge in [0, 0.05) is 39.1 Å². The van der Waals surface area contributed by atoms with Crippen molar-refractivity contribution in [2.45, 2.75) is 83.3 Å². The molecule has 2 rings (SSSR count). The maximum atomic E-state index is 11.8. The summed E-state index contributed by atoms with van der Waals surface area (Å²) >= 11 is 0. The summed E-state index contributed by atoms with van der Waals surface area (Å²) < 4.78 is 5.49. The Hall–Kier alpha value is -1.30. The number of guanidine groups is 1. The van der Waals surface area contributed by atoms with Gasteiger partial charge in [-0.25, -0.2) is 0 Å². The number of piperidine rings is 1. The Morgan fingerprint density at radius 2 is 1.88 bits per heavy atom. The standard InChI is InChI=1S/C20H38N4O2/c1-3-4-14-24-15-11-17(12-16-24)23-20(21-2)22-13-7-10-19(25)26-18-8-5-6-9-18/h17-18H,3-16H2,1-2H3,(H2,21,22,23). The Bertz CT molecular complexity index is 428. The predicted octanol–water partition coefficient (Wildman–Crippen LogP) is 2.68. The van der Waals surface area contributed by atoms with Gasteiger partial charge in [-0.2, -0.15) is 0 Å². The van der Waals surface area contributed by atoms with Gasteiger partial charge in [-0.05, 0) is 57.9 Å². The van der Waals surface area contributed by atoms with E-state index in [0.717, 1.165) is 44.6 Å². The summed E-state index contributed by atoms with van der Waals surface area (Å²) in [6, 6.07) is 0.492. The summed E-state index contributed by atoms with van der Waals surface area (Å²) in [4.78, 5) is 18.7. The number of rotatable bonds is 9. The van der Waals surface area contributed by atoms with Crippen molar-refractivity contribution in [3.63, 3.8) is 0 Å². The Balaban J connectivity index is 1.54. The van der Waals surface area contributed by atoms with Crippen LogP contribution < -0.4 is 10.6 Å². The average molecular weight is 367 g/mol. The summed E-state index contributed by atoms with van der Waals surface area (Å²) in [5.41, 5.74) is 0. The number of aliphatic imine (C=N–C) groups is 1. The quantitative estimate of drug-likeness (QED) is 0.284. The molecule has 2 aliphatic rings. The van der Waals surface area contributed by atoms with Gasteiger partial charge in [0.2, 0.25) is 0 Å². The fourth-order valence-corrected chi connectivity index (χ4v) is 3.76. The minimum absolute atomic E-state index is 0.0545. The van der Waals surface area contributed by atoms with Crippen LogP contribution >= 0.6 is 0 Å². The van der Waals surface area contributed by atoms with Crippen molar-refractivity contribution in [1.82, 2.24) is 15.5 Å². The highest BCUT2D eigenvalue weighted by Gasteiger charge is 2.20. The van der Waals surface area contributed by atoms with Crippen LogP contribution in [0.1, 0.15) is 71.1 Å². The molecule has 1 aliphatic carbocycles. The van der Waals surface area contributed by atoms with Crippen LogP contribution in [0.5, 0.6) is 0 Å². The SMILES string of the molecule is CCCCN1CCC(NC(=NC)NCCCC(=O)OC2CCCC2)CC1. The van der Waals surface area contributed by atoms with Crippen molar-refractivity contribution in [2.75, 3.05) is 33.2 Å². The first-order chi connectivity index (χ1) is 12.7. The van der Waals surface area contributed by atoms with Crippen LogP contribution in [0.2, 0.25) is 0 Å². The van der Waals surface area contributed by atoms with Crippen molar-refractivity contribution in [1.29, 1.82) is 0 Å². The molecule has 0 atom stereocenters. The third-order valence-electron chi connectivity index (χ3n) is 5.43. The maximum absolute atomic E-state index is 11.8. The van der Waals surface area contributed by atoms with Crippen LogP contribution in [0.3, 0.4) is 0 Å². The number of hydrogen-bond acceptors (Lipinski definition) is 4. The predicted molar refractivity (Wildman–Crippen MR) is 106 cm³/mol. The van der Waals surface area contributed by atoms with Gasteiger partial charge in [0.1, 0.15) is 6.10 Å². The summed E-state index contributed by atoms with van der Waals surface area (Å²) in [6.45, 7) is 6.56. The molecular weight excluding hydrogens is 328 g/mol. The molecule has 0 spiro atoms. The number of ether oxygens (including phenoxy) is 1. The van der Waals surface area contributed by atoms with E-state index in [9.17, 15) is 4.79 Å². The third kappa shape index (κ3) is 7.94. The summed E-state index contributed by atoms with van der Waals surface area (Å²) in [5, 5.41) is 6.85. The van der Waals surface area contributed by atoms with Crippen molar-refractivity contribution in [3.05, 3.63) is 0 Å². The second kappa shape index (κ2) is 12.2. The van der Waals surface area contributed by atoms with Gasteiger partial charge in [-0.3, -0.25) is 9.79 Å². The van der Waals surface area contributed by atoms with Crippen molar-refractivity contribution in [2.24, 2.45) is 4.99 Å². The molecule has 6 nitrogen and oxygen atoms in total. The molecule has 2 N–H and O–H groups in total. The first-order valence-corrected chi connectivity index (χ1v) is 10.6. The van der Waals surface area contributed by atoms with Crippen LogP contribution in [-0.4, -0.2) is 62.2 Å². The summed E-state index contributed by atoms with van der Waals surface area (Å²) in [6.07, 6.45) is 10.8. The summed E-state index contributed by atoms with van der Waals surface area (Å²) in [5.74, 6) is 0.794. The van der Waals surface area contributed by atoms with E-state index in [1.165, 1.54) is 45.3 Å². The second-order valence-electron chi connectivity index (χ2n) is 7.61. The van der Waals surface area contributed by atoms with E-state index >= 15 is 0 Å². The highest BCUT2D eigenvalue weighted by Crippen LogP contribution is 2.21. The monoisotopic (exact) mass is 366 g/mol. The number of hydrogen-bond donors (Lipinski definition) is 2. The van der Waals surface area contributed by atoms with Crippen LogP contribution in [-0.2, 0) is 9.53 Å². The molecule has 2 fully saturated rings. The number of esters is 1. The first-order valence-electron chi connectivity index (χ1n) is 10.6. The molecule has 0 amide bonds. The van der Waals surface area contributed by atoms with E-state index in [0.29, 0.717) is 12.5 Å². The van der Waals surface area contributed by atoms with E-state index < -0.39 is 0 Å². The molecule has 1 saturated heterocycles. The van der Waals surface area contributed by atoms with E-state index in [4.69, 9.17) is 4.74 Å². The van der Waals surface area contributed by atoms with Gasteiger partial charge in [-0.1, -0.05) is 13.3 Å². The molecule has 0 unspecified atom stereocenters. The van der Waals surface area contributed by atoms with E-state index in [1.807, 2.05) is 0 Å². The second-order valence-corrected chi connectivity index (χ2v) is 7.61. The molecule has 0 aromatic carbocycles. The van der Waals surface area contributed by atoms with Gasteiger partial charge in [0.15, 0.2) is 5.96 Å². The highest BCUT2D eigenvalue weighted by molar-refractivity contribution is 5.80. The topological polar surface area (TPSA) is 66.0 Å². The van der Waals surface area contributed by atoms with Crippen molar-refractivity contribution >= 4 is 11.9 Å². The van der Waals surface area contributed by atoms with Gasteiger partial charge in [0.25, 0.3) is 0 Å². The number of carbonyl (C=O) groups is 1. The van der Waals surface area contributed by atoms with Gasteiger partial charge < -0.3 is 20.3 Å². The number of carbonyl (C=O) groups excluding carboxylic acids is 1. The van der Waals surface area contributed by atoms with Gasteiger partial charge >= 0.3 is 5.97 Å². The van der Waals surface area contributed by atoms with E-state index in [2.05, 4.69) is 27.4 Å². The lowest BCUT2D eigenvalue weighted by Crippen LogP contribution is -2.48. The largest absolute Gasteiger partial charge is 0.462 e. The zero-order chi connectivity index (χ0) is 18.6. The molecule has 150 valence electrons. The van der Waals surface area contributed by atoms with Crippen LogP contribution in [0.15, 0.2) is 4.99 Å². The molecule has 1 heterocycles. The minimum Gasteiger partial charge on any atom is -0.462 e. The zero-order valence-electron chi connectivity index (χ0n) is 16.8. The molecule has 1 saturated carbocycles. The number of unbranched alkanes of at least 4 members (excludes halogenated alkanes) is 1. The number of nitrogens with zero attached hydrogens (tertiary/aromatic N) is 2. The molecule has 0 aromatic rings. The fourth-order valence-electron chi connectivity index (χ4n) is 3.76. The Kier molecular flexibility index (Phi) is 9.82. The normalized spacial score (nSPS) is 20.3. The van der Waals surface area contributed by atoms with Crippen LogP contribution in [0, 0.1) is 0 Å². The van der Waals surface area contributed by atoms with Crippen molar-refractivity contribution < 1.29 is 9.53 Å². The van der Waals surface area contributed by atoms with Gasteiger partial charge in [0.05, 0.1) is 0 Å². The average Bonchev–Trinajstić information content (AvgIpc) is 3.16. The minimum atomic E-state index is -0.0545. The van der Waals surface area contributed by atoms with E-state index in [-0.39, 0.29) is 12.1 Å². The Morgan fingerprint density at radius 3 is 2.54 bits per heavy atom. The molecular formula is C20H38N4O2. The molecule has 1 aliphatic heterocycles. The molecule has 0 aromatic heterocycles. The van der Waals surface area contributed by atoms with Crippen LogP contribution in [0.4, 0.5) is 0 Å². The van der Waals surface area contributed by atoms with Crippen LogP contribution in [0.25, 0.3) is 0 Å². The number of likely N-dealkylation sites (tertiary alicyclic amines) is 1. The smallest absolute Gasteiger partial charge is 0.306 e. The molecule has 0 bridgehead atoms. The lowest BCUT2D eigenvalue weighted by atomic mass is 10.0.